The second-order valence-corrected chi connectivity index (χ2v) is 8.05. The van der Waals surface area contributed by atoms with Gasteiger partial charge in [0, 0.05) is 29.8 Å². The van der Waals surface area contributed by atoms with Gasteiger partial charge in [-0.3, -0.25) is 9.69 Å². The number of nitrogens with one attached hydrogen (secondary N) is 1. The Morgan fingerprint density at radius 2 is 1.66 bits per heavy atom. The van der Waals surface area contributed by atoms with Crippen molar-refractivity contribution in [1.82, 2.24) is 4.90 Å². The monoisotopic (exact) mass is 404 g/mol. The summed E-state index contributed by atoms with van der Waals surface area (Å²) in [4.78, 5) is 15.3. The number of hydrogen-bond acceptors (Lipinski definition) is 2. The zero-order valence-electron chi connectivity index (χ0n) is 16.3. The topological polar surface area (TPSA) is 32.3 Å². The van der Waals surface area contributed by atoms with Crippen LogP contribution in [0.3, 0.4) is 0 Å². The van der Waals surface area contributed by atoms with Crippen LogP contribution in [0.1, 0.15) is 30.0 Å². The summed E-state index contributed by atoms with van der Waals surface area (Å²) in [5.41, 5.74) is 3.32. The van der Waals surface area contributed by atoms with Gasteiger partial charge in [0.1, 0.15) is 0 Å². The smallest absolute Gasteiger partial charge is 0.228 e. The predicted molar refractivity (Wildman–Crippen MR) is 119 cm³/mol. The highest BCUT2D eigenvalue weighted by Crippen LogP contribution is 2.35. The van der Waals surface area contributed by atoms with E-state index in [-0.39, 0.29) is 11.8 Å². The SMILES string of the molecule is O=C(Nc1ccccc1)C1CCC(c2ccccc2)N(Cc2cccc(Cl)c2)C1. The van der Waals surface area contributed by atoms with Gasteiger partial charge in [0.05, 0.1) is 5.92 Å². The molecule has 0 spiro atoms. The van der Waals surface area contributed by atoms with E-state index in [4.69, 9.17) is 11.6 Å². The predicted octanol–water partition coefficient (Wildman–Crippen LogP) is 5.93. The number of halogens is 1. The highest BCUT2D eigenvalue weighted by atomic mass is 35.5. The number of likely N-dealkylation sites (tertiary alicyclic amines) is 1. The van der Waals surface area contributed by atoms with Crippen molar-refractivity contribution in [2.45, 2.75) is 25.4 Å². The number of carbonyl (C=O) groups is 1. The second-order valence-electron chi connectivity index (χ2n) is 7.62. The van der Waals surface area contributed by atoms with E-state index in [2.05, 4.69) is 40.5 Å². The first-order chi connectivity index (χ1) is 14.2. The van der Waals surface area contributed by atoms with E-state index in [0.29, 0.717) is 6.04 Å². The molecule has 4 heteroatoms. The molecule has 0 bridgehead atoms. The molecule has 3 nitrogen and oxygen atoms in total. The van der Waals surface area contributed by atoms with Crippen molar-refractivity contribution < 1.29 is 4.79 Å². The van der Waals surface area contributed by atoms with Crippen LogP contribution in [-0.4, -0.2) is 17.4 Å². The van der Waals surface area contributed by atoms with E-state index in [1.54, 1.807) is 0 Å². The van der Waals surface area contributed by atoms with Crippen molar-refractivity contribution in [3.05, 3.63) is 101 Å². The molecule has 1 N–H and O–H groups in total. The molecule has 0 saturated carbocycles. The second kappa shape index (κ2) is 9.25. The molecule has 1 aliphatic rings. The van der Waals surface area contributed by atoms with Gasteiger partial charge in [0.25, 0.3) is 0 Å². The van der Waals surface area contributed by atoms with Gasteiger partial charge in [0.2, 0.25) is 5.91 Å². The van der Waals surface area contributed by atoms with Gasteiger partial charge in [-0.15, -0.1) is 0 Å². The van der Waals surface area contributed by atoms with Crippen molar-refractivity contribution in [1.29, 1.82) is 0 Å². The molecule has 1 heterocycles. The van der Waals surface area contributed by atoms with Crippen LogP contribution in [0.15, 0.2) is 84.9 Å². The third-order valence-electron chi connectivity index (χ3n) is 5.56. The fourth-order valence-corrected chi connectivity index (χ4v) is 4.33. The van der Waals surface area contributed by atoms with Crippen molar-refractivity contribution in [3.63, 3.8) is 0 Å². The van der Waals surface area contributed by atoms with Crippen molar-refractivity contribution in [2.75, 3.05) is 11.9 Å². The maximum Gasteiger partial charge on any atom is 0.228 e. The summed E-state index contributed by atoms with van der Waals surface area (Å²) in [5.74, 6) is 0.0631. The Hall–Kier alpha value is -2.62. The number of rotatable bonds is 5. The van der Waals surface area contributed by atoms with E-state index >= 15 is 0 Å². The summed E-state index contributed by atoms with van der Waals surface area (Å²) >= 11 is 6.20. The van der Waals surface area contributed by atoms with Crippen LogP contribution in [0.25, 0.3) is 0 Å². The number of anilines is 1. The standard InChI is InChI=1S/C25H25ClN2O/c26-22-11-7-8-19(16-22)17-28-18-21(25(29)27-23-12-5-2-6-13-23)14-15-24(28)20-9-3-1-4-10-20/h1-13,16,21,24H,14-15,17-18H2,(H,27,29). The fourth-order valence-electron chi connectivity index (χ4n) is 4.12. The third kappa shape index (κ3) is 5.06. The van der Waals surface area contributed by atoms with Gasteiger partial charge < -0.3 is 5.32 Å². The molecule has 1 amide bonds. The molecular weight excluding hydrogens is 380 g/mol. The highest BCUT2D eigenvalue weighted by Gasteiger charge is 2.32. The molecule has 2 atom stereocenters. The molecule has 1 aliphatic heterocycles. The number of hydrogen-bond donors (Lipinski definition) is 1. The van der Waals surface area contributed by atoms with Crippen LogP contribution in [0.4, 0.5) is 5.69 Å². The van der Waals surface area contributed by atoms with E-state index in [1.165, 1.54) is 11.1 Å². The van der Waals surface area contributed by atoms with Gasteiger partial charge in [-0.1, -0.05) is 72.3 Å². The summed E-state index contributed by atoms with van der Waals surface area (Å²) in [7, 11) is 0. The molecule has 148 valence electrons. The van der Waals surface area contributed by atoms with Crippen LogP contribution in [0, 0.1) is 5.92 Å². The summed E-state index contributed by atoms with van der Waals surface area (Å²) in [6.45, 7) is 1.50. The quantitative estimate of drug-likeness (QED) is 0.571. The average molecular weight is 405 g/mol. The van der Waals surface area contributed by atoms with Gasteiger partial charge >= 0.3 is 0 Å². The first-order valence-electron chi connectivity index (χ1n) is 10.1. The lowest BCUT2D eigenvalue weighted by Gasteiger charge is -2.39. The highest BCUT2D eigenvalue weighted by molar-refractivity contribution is 6.30. The molecular formula is C25H25ClN2O. The fraction of sp³-hybridized carbons (Fsp3) is 0.240. The Bertz CT molecular complexity index is 945. The van der Waals surface area contributed by atoms with Gasteiger partial charge in [-0.05, 0) is 48.2 Å². The zero-order valence-corrected chi connectivity index (χ0v) is 17.1. The molecule has 1 fully saturated rings. The molecule has 0 radical (unpaired) electrons. The van der Waals surface area contributed by atoms with Crippen LogP contribution < -0.4 is 5.32 Å². The van der Waals surface area contributed by atoms with E-state index < -0.39 is 0 Å². The Morgan fingerprint density at radius 3 is 2.38 bits per heavy atom. The van der Waals surface area contributed by atoms with Gasteiger partial charge in [0.15, 0.2) is 0 Å². The van der Waals surface area contributed by atoms with Crippen LogP contribution >= 0.6 is 11.6 Å². The minimum Gasteiger partial charge on any atom is -0.326 e. The lowest BCUT2D eigenvalue weighted by atomic mass is 9.88. The minimum atomic E-state index is -0.0330. The number of carbonyl (C=O) groups excluding carboxylic acids is 1. The average Bonchev–Trinajstić information content (AvgIpc) is 2.75. The van der Waals surface area contributed by atoms with Crippen LogP contribution in [-0.2, 0) is 11.3 Å². The maximum absolute atomic E-state index is 12.9. The number of para-hydroxylation sites is 1. The Balaban J connectivity index is 1.52. The lowest BCUT2D eigenvalue weighted by molar-refractivity contribution is -0.122. The van der Waals surface area contributed by atoms with Crippen molar-refractivity contribution in [2.24, 2.45) is 5.92 Å². The summed E-state index contributed by atoms with van der Waals surface area (Å²) in [6.07, 6.45) is 1.84. The van der Waals surface area contributed by atoms with E-state index in [0.717, 1.165) is 36.6 Å². The Labute approximate surface area is 177 Å². The van der Waals surface area contributed by atoms with Crippen molar-refractivity contribution >= 4 is 23.2 Å². The van der Waals surface area contributed by atoms with Crippen LogP contribution in [0.5, 0.6) is 0 Å². The number of nitrogens with zero attached hydrogens (tertiary/aromatic N) is 1. The van der Waals surface area contributed by atoms with Crippen LogP contribution in [0.2, 0.25) is 5.02 Å². The molecule has 29 heavy (non-hydrogen) atoms. The first-order valence-corrected chi connectivity index (χ1v) is 10.5. The number of piperidine rings is 1. The lowest BCUT2D eigenvalue weighted by Crippen LogP contribution is -2.42. The van der Waals surface area contributed by atoms with E-state index in [9.17, 15) is 4.79 Å². The van der Waals surface area contributed by atoms with Gasteiger partial charge in [-0.2, -0.15) is 0 Å². The van der Waals surface area contributed by atoms with E-state index in [1.807, 2.05) is 54.6 Å². The Kier molecular flexibility index (Phi) is 6.28. The van der Waals surface area contributed by atoms with Crippen molar-refractivity contribution in [3.8, 4) is 0 Å². The minimum absolute atomic E-state index is 0.0330. The summed E-state index contributed by atoms with van der Waals surface area (Å²) in [6, 6.07) is 28.6. The molecule has 1 saturated heterocycles. The third-order valence-corrected chi connectivity index (χ3v) is 5.79. The molecule has 0 aromatic heterocycles. The first kappa shape index (κ1) is 19.7. The molecule has 2 unspecified atom stereocenters. The molecule has 0 aliphatic carbocycles. The molecule has 3 aromatic carbocycles. The molecule has 3 aromatic rings. The Morgan fingerprint density at radius 1 is 0.931 bits per heavy atom. The summed E-state index contributed by atoms with van der Waals surface area (Å²) in [5, 5.41) is 3.82. The normalized spacial score (nSPS) is 19.6. The number of amides is 1. The molecule has 4 rings (SSSR count). The van der Waals surface area contributed by atoms with Gasteiger partial charge in [-0.25, -0.2) is 0 Å². The largest absolute Gasteiger partial charge is 0.326 e. The maximum atomic E-state index is 12.9. The zero-order chi connectivity index (χ0) is 20.1. The number of benzene rings is 3. The summed E-state index contributed by atoms with van der Waals surface area (Å²) < 4.78 is 0.